The van der Waals surface area contributed by atoms with Crippen molar-refractivity contribution in [2.75, 3.05) is 14.1 Å². The zero-order chi connectivity index (χ0) is 17.3. The smallest absolute Gasteiger partial charge is 0.329 e. The quantitative estimate of drug-likeness (QED) is 0.824. The molecule has 0 spiro atoms. The molecule has 1 amide bonds. The molecule has 1 aromatic heterocycles. The molecule has 1 aromatic rings. The van der Waals surface area contributed by atoms with E-state index in [0.29, 0.717) is 25.7 Å². The van der Waals surface area contributed by atoms with Crippen LogP contribution >= 0.6 is 0 Å². The van der Waals surface area contributed by atoms with Gasteiger partial charge >= 0.3 is 5.97 Å². The maximum absolute atomic E-state index is 12.3. The van der Waals surface area contributed by atoms with Crippen LogP contribution in [0.1, 0.15) is 42.7 Å². The molecule has 1 fully saturated rings. The molecule has 1 heterocycles. The van der Waals surface area contributed by atoms with Crippen LogP contribution in [0.15, 0.2) is 21.6 Å². The predicted molar refractivity (Wildman–Crippen MR) is 80.5 cm³/mol. The number of hydrogen-bond acceptors (Lipinski definition) is 5. The summed E-state index contributed by atoms with van der Waals surface area (Å²) >= 11 is 0. The van der Waals surface area contributed by atoms with Gasteiger partial charge in [0.25, 0.3) is 15.9 Å². The molecule has 0 bridgehead atoms. The summed E-state index contributed by atoms with van der Waals surface area (Å²) in [6.45, 7) is 0. The Balaban J connectivity index is 2.21. The number of sulfonamides is 1. The number of hydrogen-bond donors (Lipinski definition) is 2. The third-order valence-electron chi connectivity index (χ3n) is 4.01. The highest BCUT2D eigenvalue weighted by Crippen LogP contribution is 2.29. The average molecular weight is 344 g/mol. The van der Waals surface area contributed by atoms with Gasteiger partial charge in [0.15, 0.2) is 5.76 Å². The van der Waals surface area contributed by atoms with E-state index in [1.807, 2.05) is 0 Å². The van der Waals surface area contributed by atoms with Crippen molar-refractivity contribution in [3.63, 3.8) is 0 Å². The third-order valence-corrected chi connectivity index (χ3v) is 5.70. The first-order chi connectivity index (χ1) is 10.7. The Morgan fingerprint density at radius 3 is 2.35 bits per heavy atom. The van der Waals surface area contributed by atoms with Gasteiger partial charge in [-0.1, -0.05) is 19.3 Å². The summed E-state index contributed by atoms with van der Waals surface area (Å²) in [5.74, 6) is -2.04. The van der Waals surface area contributed by atoms with Crippen LogP contribution < -0.4 is 5.32 Å². The fourth-order valence-corrected chi connectivity index (χ4v) is 3.38. The molecule has 2 N–H and O–H groups in total. The SMILES string of the molecule is CN(C)S(=O)(=O)c1ccc(C(=O)NC2(C(=O)O)CCCCC2)o1. The van der Waals surface area contributed by atoms with Crippen LogP contribution in [-0.4, -0.2) is 49.3 Å². The minimum Gasteiger partial charge on any atom is -0.480 e. The number of carbonyl (C=O) groups excluding carboxylic acids is 1. The van der Waals surface area contributed by atoms with Crippen molar-refractivity contribution in [1.29, 1.82) is 0 Å². The molecule has 9 heteroatoms. The summed E-state index contributed by atoms with van der Waals surface area (Å²) in [5, 5.41) is 11.6. The molecule has 8 nitrogen and oxygen atoms in total. The molecule has 1 aliphatic rings. The second-order valence-electron chi connectivity index (χ2n) is 5.81. The van der Waals surface area contributed by atoms with E-state index in [-0.39, 0.29) is 10.9 Å². The monoisotopic (exact) mass is 344 g/mol. The van der Waals surface area contributed by atoms with Crippen LogP contribution in [0.4, 0.5) is 0 Å². The van der Waals surface area contributed by atoms with Gasteiger partial charge < -0.3 is 14.8 Å². The Labute approximate surface area is 134 Å². The average Bonchev–Trinajstić information content (AvgIpc) is 2.98. The van der Waals surface area contributed by atoms with Gasteiger partial charge in [-0.2, -0.15) is 0 Å². The summed E-state index contributed by atoms with van der Waals surface area (Å²) in [5.41, 5.74) is -1.32. The first kappa shape index (κ1) is 17.5. The second kappa shape index (κ2) is 6.32. The lowest BCUT2D eigenvalue weighted by atomic mass is 9.81. The lowest BCUT2D eigenvalue weighted by Gasteiger charge is -2.33. The van der Waals surface area contributed by atoms with E-state index >= 15 is 0 Å². The van der Waals surface area contributed by atoms with Crippen molar-refractivity contribution in [3.8, 4) is 0 Å². The highest BCUT2D eigenvalue weighted by molar-refractivity contribution is 7.88. The zero-order valence-corrected chi connectivity index (χ0v) is 13.9. The van der Waals surface area contributed by atoms with Crippen molar-refractivity contribution >= 4 is 21.9 Å². The molecule has 0 radical (unpaired) electrons. The van der Waals surface area contributed by atoms with Gasteiger partial charge in [0, 0.05) is 14.1 Å². The minimum absolute atomic E-state index is 0.225. The van der Waals surface area contributed by atoms with E-state index in [1.165, 1.54) is 26.2 Å². The van der Waals surface area contributed by atoms with Gasteiger partial charge in [0.05, 0.1) is 0 Å². The Morgan fingerprint density at radius 2 is 1.83 bits per heavy atom. The highest BCUT2D eigenvalue weighted by Gasteiger charge is 2.41. The first-order valence-corrected chi connectivity index (χ1v) is 8.71. The molecule has 0 unspecified atom stereocenters. The van der Waals surface area contributed by atoms with Gasteiger partial charge in [0.1, 0.15) is 5.54 Å². The predicted octanol–water partition coefficient (Wildman–Crippen LogP) is 1.05. The second-order valence-corrected chi connectivity index (χ2v) is 7.89. The Kier molecular flexibility index (Phi) is 4.81. The van der Waals surface area contributed by atoms with E-state index in [0.717, 1.165) is 10.7 Å². The van der Waals surface area contributed by atoms with E-state index in [4.69, 9.17) is 4.42 Å². The summed E-state index contributed by atoms with van der Waals surface area (Å²) in [6, 6.07) is 2.41. The summed E-state index contributed by atoms with van der Waals surface area (Å²) in [4.78, 5) is 23.8. The summed E-state index contributed by atoms with van der Waals surface area (Å²) in [6.07, 6.45) is 3.04. The van der Waals surface area contributed by atoms with Crippen LogP contribution in [-0.2, 0) is 14.8 Å². The molecule has 0 atom stereocenters. The summed E-state index contributed by atoms with van der Waals surface area (Å²) < 4.78 is 29.9. The number of carboxylic acids is 1. The zero-order valence-electron chi connectivity index (χ0n) is 13.0. The third kappa shape index (κ3) is 3.40. The lowest BCUT2D eigenvalue weighted by molar-refractivity contribution is -0.145. The van der Waals surface area contributed by atoms with Crippen LogP contribution in [0.25, 0.3) is 0 Å². The van der Waals surface area contributed by atoms with Crippen LogP contribution in [0, 0.1) is 0 Å². The van der Waals surface area contributed by atoms with Crippen LogP contribution in [0.3, 0.4) is 0 Å². The lowest BCUT2D eigenvalue weighted by Crippen LogP contribution is -2.55. The van der Waals surface area contributed by atoms with Gasteiger partial charge in [0.2, 0.25) is 5.09 Å². The number of nitrogens with one attached hydrogen (secondary N) is 1. The van der Waals surface area contributed by atoms with Gasteiger partial charge in [-0.05, 0) is 25.0 Å². The van der Waals surface area contributed by atoms with Crippen LogP contribution in [0.2, 0.25) is 0 Å². The number of nitrogens with zero attached hydrogens (tertiary/aromatic N) is 1. The topological polar surface area (TPSA) is 117 Å². The van der Waals surface area contributed by atoms with Crippen molar-refractivity contribution in [2.45, 2.75) is 42.7 Å². The maximum atomic E-state index is 12.3. The van der Waals surface area contributed by atoms with E-state index < -0.39 is 27.4 Å². The normalized spacial score (nSPS) is 17.9. The van der Waals surface area contributed by atoms with Crippen molar-refractivity contribution in [2.24, 2.45) is 0 Å². The van der Waals surface area contributed by atoms with E-state index in [9.17, 15) is 23.1 Å². The largest absolute Gasteiger partial charge is 0.480 e. The molecule has 128 valence electrons. The number of amides is 1. The van der Waals surface area contributed by atoms with E-state index in [2.05, 4.69) is 5.32 Å². The Hall–Kier alpha value is -1.87. The van der Waals surface area contributed by atoms with Crippen molar-refractivity contribution < 1.29 is 27.5 Å². The van der Waals surface area contributed by atoms with Gasteiger partial charge in [-0.25, -0.2) is 17.5 Å². The fraction of sp³-hybridized carbons (Fsp3) is 0.571. The number of carboxylic acid groups (broad SMARTS) is 1. The standard InChI is InChI=1S/C14H20N2O6S/c1-16(2)23(20,21)11-7-6-10(22-11)12(17)15-14(13(18)19)8-4-3-5-9-14/h6-7H,3-5,8-9H2,1-2H3,(H,15,17)(H,18,19). The molecular weight excluding hydrogens is 324 g/mol. The molecule has 0 saturated heterocycles. The molecular formula is C14H20N2O6S. The van der Waals surface area contributed by atoms with Crippen molar-refractivity contribution in [3.05, 3.63) is 17.9 Å². The summed E-state index contributed by atoms with van der Waals surface area (Å²) in [7, 11) is -1.09. The molecule has 1 saturated carbocycles. The Bertz CT molecular complexity index is 701. The van der Waals surface area contributed by atoms with Crippen LogP contribution in [0.5, 0.6) is 0 Å². The van der Waals surface area contributed by atoms with Gasteiger partial charge in [-0.15, -0.1) is 0 Å². The van der Waals surface area contributed by atoms with Crippen molar-refractivity contribution in [1.82, 2.24) is 9.62 Å². The Morgan fingerprint density at radius 1 is 1.22 bits per heavy atom. The highest BCUT2D eigenvalue weighted by atomic mass is 32.2. The first-order valence-electron chi connectivity index (χ1n) is 7.27. The number of carbonyl (C=O) groups is 2. The van der Waals surface area contributed by atoms with E-state index in [1.54, 1.807) is 0 Å². The fourth-order valence-electron chi connectivity index (χ4n) is 2.59. The molecule has 2 rings (SSSR count). The van der Waals surface area contributed by atoms with Gasteiger partial charge in [-0.3, -0.25) is 4.79 Å². The number of rotatable bonds is 5. The minimum atomic E-state index is -3.78. The molecule has 0 aromatic carbocycles. The number of aliphatic carboxylic acids is 1. The molecule has 23 heavy (non-hydrogen) atoms. The number of furan rings is 1. The maximum Gasteiger partial charge on any atom is 0.329 e. The molecule has 0 aliphatic heterocycles. The molecule has 1 aliphatic carbocycles.